The molecule has 0 bridgehead atoms. The fourth-order valence-electron chi connectivity index (χ4n) is 2.77. The second-order valence-corrected chi connectivity index (χ2v) is 6.59. The standard InChI is InChI=1S/C20H30O4/c1-6-14-11-17(19(21)22)18(12-15(14)7-2)20(23)24-16(8-3)10-9-13(4)5/h11-13,16H,6-10H2,1-5H3,(H,21,22). The molecular weight excluding hydrogens is 304 g/mol. The Morgan fingerprint density at radius 3 is 1.96 bits per heavy atom. The number of hydrogen-bond acceptors (Lipinski definition) is 3. The van der Waals surface area contributed by atoms with Crippen molar-refractivity contribution in [3.05, 3.63) is 34.4 Å². The van der Waals surface area contributed by atoms with Gasteiger partial charge in [0.15, 0.2) is 0 Å². The summed E-state index contributed by atoms with van der Waals surface area (Å²) < 4.78 is 5.60. The number of benzene rings is 1. The van der Waals surface area contributed by atoms with Gasteiger partial charge in [-0.3, -0.25) is 0 Å². The molecule has 0 saturated carbocycles. The topological polar surface area (TPSA) is 63.6 Å². The fraction of sp³-hybridized carbons (Fsp3) is 0.600. The van der Waals surface area contributed by atoms with Gasteiger partial charge in [0.1, 0.15) is 6.10 Å². The van der Waals surface area contributed by atoms with Crippen LogP contribution in [0, 0.1) is 5.92 Å². The van der Waals surface area contributed by atoms with Crippen LogP contribution in [0.4, 0.5) is 0 Å². The van der Waals surface area contributed by atoms with Crippen molar-refractivity contribution < 1.29 is 19.4 Å². The highest BCUT2D eigenvalue weighted by atomic mass is 16.5. The first kappa shape index (κ1) is 20.2. The van der Waals surface area contributed by atoms with E-state index in [1.54, 1.807) is 12.1 Å². The van der Waals surface area contributed by atoms with Crippen molar-refractivity contribution in [1.29, 1.82) is 0 Å². The van der Waals surface area contributed by atoms with E-state index < -0.39 is 11.9 Å². The fourth-order valence-corrected chi connectivity index (χ4v) is 2.77. The molecule has 134 valence electrons. The van der Waals surface area contributed by atoms with Crippen molar-refractivity contribution in [1.82, 2.24) is 0 Å². The molecule has 0 heterocycles. The van der Waals surface area contributed by atoms with Crippen molar-refractivity contribution in [3.8, 4) is 0 Å². The summed E-state index contributed by atoms with van der Waals surface area (Å²) in [5.74, 6) is -1.07. The molecule has 1 aromatic rings. The molecule has 0 radical (unpaired) electrons. The second-order valence-electron chi connectivity index (χ2n) is 6.59. The van der Waals surface area contributed by atoms with Crippen LogP contribution in [-0.4, -0.2) is 23.1 Å². The van der Waals surface area contributed by atoms with Gasteiger partial charge in [0.2, 0.25) is 0 Å². The zero-order valence-electron chi connectivity index (χ0n) is 15.5. The van der Waals surface area contributed by atoms with Gasteiger partial charge in [-0.05, 0) is 61.3 Å². The van der Waals surface area contributed by atoms with E-state index in [-0.39, 0.29) is 17.2 Å². The van der Waals surface area contributed by atoms with Crippen LogP contribution in [0.5, 0.6) is 0 Å². The number of carboxylic acids is 1. The van der Waals surface area contributed by atoms with Gasteiger partial charge in [-0.15, -0.1) is 0 Å². The van der Waals surface area contributed by atoms with Crippen LogP contribution in [0.15, 0.2) is 12.1 Å². The normalized spacial score (nSPS) is 12.2. The van der Waals surface area contributed by atoms with Crippen molar-refractivity contribution >= 4 is 11.9 Å². The van der Waals surface area contributed by atoms with Crippen LogP contribution < -0.4 is 0 Å². The minimum absolute atomic E-state index is 0.0350. The predicted molar refractivity (Wildman–Crippen MR) is 95.7 cm³/mol. The molecule has 0 aliphatic carbocycles. The number of ether oxygens (including phenoxy) is 1. The summed E-state index contributed by atoms with van der Waals surface area (Å²) in [6.45, 7) is 10.2. The monoisotopic (exact) mass is 334 g/mol. The van der Waals surface area contributed by atoms with Gasteiger partial charge in [-0.2, -0.15) is 0 Å². The maximum Gasteiger partial charge on any atom is 0.339 e. The van der Waals surface area contributed by atoms with Crippen LogP contribution in [-0.2, 0) is 17.6 Å². The lowest BCUT2D eigenvalue weighted by Gasteiger charge is -2.19. The smallest absolute Gasteiger partial charge is 0.339 e. The van der Waals surface area contributed by atoms with Gasteiger partial charge in [0.25, 0.3) is 0 Å². The minimum Gasteiger partial charge on any atom is -0.478 e. The van der Waals surface area contributed by atoms with Crippen LogP contribution in [0.1, 0.15) is 85.7 Å². The molecule has 0 saturated heterocycles. The quantitative estimate of drug-likeness (QED) is 0.654. The molecule has 1 unspecified atom stereocenters. The number of aromatic carboxylic acids is 1. The first-order valence-electron chi connectivity index (χ1n) is 8.93. The third-order valence-electron chi connectivity index (χ3n) is 4.35. The zero-order chi connectivity index (χ0) is 18.3. The molecule has 0 aliphatic rings. The van der Waals surface area contributed by atoms with E-state index >= 15 is 0 Å². The Hall–Kier alpha value is -1.84. The van der Waals surface area contributed by atoms with Gasteiger partial charge >= 0.3 is 11.9 Å². The molecule has 4 nitrogen and oxygen atoms in total. The number of carbonyl (C=O) groups is 2. The Bertz CT molecular complexity index is 575. The molecule has 1 rings (SSSR count). The first-order chi connectivity index (χ1) is 11.3. The summed E-state index contributed by atoms with van der Waals surface area (Å²) >= 11 is 0. The Balaban J connectivity index is 3.09. The van der Waals surface area contributed by atoms with Crippen molar-refractivity contribution in [2.75, 3.05) is 0 Å². The molecule has 0 aliphatic heterocycles. The molecular formula is C20H30O4. The lowest BCUT2D eigenvalue weighted by atomic mass is 9.95. The number of carbonyl (C=O) groups excluding carboxylic acids is 1. The van der Waals surface area contributed by atoms with E-state index in [4.69, 9.17) is 4.74 Å². The summed E-state index contributed by atoms with van der Waals surface area (Å²) in [6, 6.07) is 3.31. The third kappa shape index (κ3) is 5.36. The van der Waals surface area contributed by atoms with E-state index in [1.807, 2.05) is 20.8 Å². The summed E-state index contributed by atoms with van der Waals surface area (Å²) in [7, 11) is 0. The Morgan fingerprint density at radius 1 is 1.00 bits per heavy atom. The SMILES string of the molecule is CCc1cc(C(=O)O)c(C(=O)OC(CC)CCC(C)C)cc1CC. The van der Waals surface area contributed by atoms with Gasteiger partial charge in [0.05, 0.1) is 11.1 Å². The summed E-state index contributed by atoms with van der Waals surface area (Å²) in [5, 5.41) is 9.46. The van der Waals surface area contributed by atoms with E-state index in [2.05, 4.69) is 13.8 Å². The molecule has 0 amide bonds. The molecule has 0 aromatic heterocycles. The number of rotatable bonds is 9. The third-order valence-corrected chi connectivity index (χ3v) is 4.35. The van der Waals surface area contributed by atoms with Gasteiger partial charge in [0, 0.05) is 0 Å². The maximum atomic E-state index is 12.6. The Labute approximate surface area is 145 Å². The van der Waals surface area contributed by atoms with Crippen LogP contribution in [0.3, 0.4) is 0 Å². The van der Waals surface area contributed by atoms with Crippen molar-refractivity contribution in [2.24, 2.45) is 5.92 Å². The molecule has 0 fully saturated rings. The number of carboxylic acid groups (broad SMARTS) is 1. The minimum atomic E-state index is -1.09. The van der Waals surface area contributed by atoms with Crippen LogP contribution >= 0.6 is 0 Å². The maximum absolute atomic E-state index is 12.6. The summed E-state index contributed by atoms with van der Waals surface area (Å²) in [6.07, 6.45) is 3.84. The largest absolute Gasteiger partial charge is 0.478 e. The van der Waals surface area contributed by atoms with Gasteiger partial charge < -0.3 is 9.84 Å². The summed E-state index contributed by atoms with van der Waals surface area (Å²) in [4.78, 5) is 24.1. The zero-order valence-corrected chi connectivity index (χ0v) is 15.5. The van der Waals surface area contributed by atoms with E-state index in [0.29, 0.717) is 5.92 Å². The highest BCUT2D eigenvalue weighted by Gasteiger charge is 2.22. The van der Waals surface area contributed by atoms with Crippen LogP contribution in [0.25, 0.3) is 0 Å². The molecule has 4 heteroatoms. The molecule has 1 aromatic carbocycles. The molecule has 1 N–H and O–H groups in total. The second kappa shape index (κ2) is 9.45. The van der Waals surface area contributed by atoms with E-state index in [9.17, 15) is 14.7 Å². The van der Waals surface area contributed by atoms with Crippen molar-refractivity contribution in [2.45, 2.75) is 72.8 Å². The number of esters is 1. The Kier molecular flexibility index (Phi) is 7.96. The van der Waals surface area contributed by atoms with Gasteiger partial charge in [-0.25, -0.2) is 9.59 Å². The highest BCUT2D eigenvalue weighted by molar-refractivity contribution is 6.02. The molecule has 0 spiro atoms. The average molecular weight is 334 g/mol. The van der Waals surface area contributed by atoms with E-state index in [1.165, 1.54) is 0 Å². The summed E-state index contributed by atoms with van der Waals surface area (Å²) in [5.41, 5.74) is 2.18. The van der Waals surface area contributed by atoms with E-state index in [0.717, 1.165) is 43.2 Å². The highest BCUT2D eigenvalue weighted by Crippen LogP contribution is 2.22. The first-order valence-corrected chi connectivity index (χ1v) is 8.93. The lowest BCUT2D eigenvalue weighted by Crippen LogP contribution is -2.21. The predicted octanol–water partition coefficient (Wildman–Crippen LogP) is 4.88. The van der Waals surface area contributed by atoms with Crippen LogP contribution in [0.2, 0.25) is 0 Å². The molecule has 24 heavy (non-hydrogen) atoms. The molecule has 1 atom stereocenters. The average Bonchev–Trinajstić information content (AvgIpc) is 2.56. The van der Waals surface area contributed by atoms with Crippen molar-refractivity contribution in [3.63, 3.8) is 0 Å². The number of aryl methyl sites for hydroxylation is 2. The van der Waals surface area contributed by atoms with Gasteiger partial charge in [-0.1, -0.05) is 34.6 Å². The number of hydrogen-bond donors (Lipinski definition) is 1. The lowest BCUT2D eigenvalue weighted by molar-refractivity contribution is 0.0255. The Morgan fingerprint density at radius 2 is 1.54 bits per heavy atom.